The first-order chi connectivity index (χ1) is 17.0. The Labute approximate surface area is 205 Å². The van der Waals surface area contributed by atoms with Crippen molar-refractivity contribution < 1.29 is 14.0 Å². The maximum Gasteiger partial charge on any atom is 0.171 e. The Bertz CT molecular complexity index is 1280. The van der Waals surface area contributed by atoms with E-state index >= 15 is 0 Å². The van der Waals surface area contributed by atoms with Crippen LogP contribution in [0.5, 0.6) is 5.75 Å². The van der Waals surface area contributed by atoms with Crippen LogP contribution in [0.3, 0.4) is 0 Å². The van der Waals surface area contributed by atoms with Gasteiger partial charge >= 0.3 is 0 Å². The maximum absolute atomic E-state index is 14.1. The van der Waals surface area contributed by atoms with Crippen LogP contribution in [0.25, 0.3) is 11.8 Å². The number of hydrogen-bond donors (Lipinski definition) is 0. The van der Waals surface area contributed by atoms with Gasteiger partial charge in [0.2, 0.25) is 0 Å². The molecule has 0 spiro atoms. The van der Waals surface area contributed by atoms with Gasteiger partial charge in [0.25, 0.3) is 0 Å². The maximum atomic E-state index is 14.1. The highest BCUT2D eigenvalue weighted by atomic mass is 19.1. The first-order valence-corrected chi connectivity index (χ1v) is 12.2. The molecular weight excluding hydrogens is 443 g/mol. The molecule has 2 aromatic carbocycles. The van der Waals surface area contributed by atoms with Gasteiger partial charge in [0.05, 0.1) is 24.8 Å². The van der Waals surface area contributed by atoms with E-state index in [0.29, 0.717) is 0 Å². The van der Waals surface area contributed by atoms with Gasteiger partial charge in [-0.25, -0.2) is 9.37 Å². The van der Waals surface area contributed by atoms with Crippen molar-refractivity contribution in [2.75, 3.05) is 20.2 Å². The molecule has 1 saturated heterocycles. The predicted molar refractivity (Wildman–Crippen MR) is 135 cm³/mol. The number of amidine groups is 1. The minimum atomic E-state index is -0.256. The Morgan fingerprint density at radius 3 is 2.86 bits per heavy atom. The minimum Gasteiger partial charge on any atom is -0.495 e. The molecule has 5 rings (SSSR count). The van der Waals surface area contributed by atoms with E-state index in [0.717, 1.165) is 84.0 Å². The zero-order valence-corrected chi connectivity index (χ0v) is 20.5. The average molecular weight is 475 g/mol. The molecule has 182 valence electrons. The summed E-state index contributed by atoms with van der Waals surface area (Å²) in [5.74, 6) is 1.43. The number of ether oxygens (including phenoxy) is 1. The van der Waals surface area contributed by atoms with Crippen LogP contribution in [0.4, 0.5) is 4.39 Å². The summed E-state index contributed by atoms with van der Waals surface area (Å²) in [6, 6.07) is 11.4. The summed E-state index contributed by atoms with van der Waals surface area (Å²) in [6.45, 7) is 5.76. The third kappa shape index (κ3) is 4.94. The van der Waals surface area contributed by atoms with E-state index in [9.17, 15) is 4.39 Å². The number of halogens is 1. The molecule has 1 atom stereocenters. The summed E-state index contributed by atoms with van der Waals surface area (Å²) >= 11 is 0. The van der Waals surface area contributed by atoms with E-state index in [1.54, 1.807) is 25.6 Å². The number of imidazole rings is 1. The fourth-order valence-corrected chi connectivity index (χ4v) is 4.84. The number of fused-ring (bicyclic) bond motifs is 1. The van der Waals surface area contributed by atoms with E-state index in [1.165, 1.54) is 0 Å². The molecule has 3 heterocycles. The van der Waals surface area contributed by atoms with Crippen LogP contribution in [0.2, 0.25) is 0 Å². The lowest BCUT2D eigenvalue weighted by molar-refractivity contribution is 0.0574. The van der Waals surface area contributed by atoms with E-state index in [2.05, 4.69) is 27.2 Å². The third-order valence-corrected chi connectivity index (χ3v) is 6.68. The third-order valence-electron chi connectivity index (χ3n) is 6.68. The number of hydrogen-bond acceptors (Lipinski definition) is 5. The van der Waals surface area contributed by atoms with Gasteiger partial charge in [-0.1, -0.05) is 24.2 Å². The second-order valence-electron chi connectivity index (χ2n) is 9.16. The smallest absolute Gasteiger partial charge is 0.171 e. The SMILES string of the molecule is CCc1cc(F)cc([C@@H]2CCN3CCC/C(=C\c4ccc(-n5cnc(C)c5)c(OC)c4)C3=NO2)c1. The quantitative estimate of drug-likeness (QED) is 0.466. The Morgan fingerprint density at radius 1 is 1.20 bits per heavy atom. The normalized spacial score (nSPS) is 19.1. The summed E-state index contributed by atoms with van der Waals surface area (Å²) < 4.78 is 21.8. The highest BCUT2D eigenvalue weighted by molar-refractivity contribution is 6.02. The number of methoxy groups -OCH3 is 1. The molecule has 6 nitrogen and oxygen atoms in total. The predicted octanol–water partition coefficient (Wildman–Crippen LogP) is 5.85. The summed E-state index contributed by atoms with van der Waals surface area (Å²) in [5.41, 5.74) is 5.90. The number of benzene rings is 2. The monoisotopic (exact) mass is 474 g/mol. The van der Waals surface area contributed by atoms with E-state index < -0.39 is 0 Å². The molecule has 0 bridgehead atoms. The lowest BCUT2D eigenvalue weighted by atomic mass is 9.99. The number of nitrogens with zero attached hydrogens (tertiary/aromatic N) is 4. The van der Waals surface area contributed by atoms with Crippen LogP contribution in [-0.4, -0.2) is 40.5 Å². The number of aromatic nitrogens is 2. The minimum absolute atomic E-state index is 0.221. The van der Waals surface area contributed by atoms with E-state index in [1.807, 2.05) is 42.8 Å². The van der Waals surface area contributed by atoms with Crippen LogP contribution in [0, 0.1) is 12.7 Å². The highest BCUT2D eigenvalue weighted by Crippen LogP contribution is 2.32. The molecule has 2 aliphatic rings. The van der Waals surface area contributed by atoms with Crippen LogP contribution >= 0.6 is 0 Å². The van der Waals surface area contributed by atoms with Crippen molar-refractivity contribution >= 4 is 11.9 Å². The lowest BCUT2D eigenvalue weighted by Gasteiger charge is -2.30. The zero-order valence-electron chi connectivity index (χ0n) is 20.5. The zero-order chi connectivity index (χ0) is 24.4. The number of piperidine rings is 1. The number of aryl methyl sites for hydroxylation is 2. The molecule has 3 aromatic rings. The molecule has 0 saturated carbocycles. The molecule has 2 aliphatic heterocycles. The van der Waals surface area contributed by atoms with E-state index in [4.69, 9.17) is 9.57 Å². The molecule has 0 aliphatic carbocycles. The van der Waals surface area contributed by atoms with Crippen LogP contribution in [-0.2, 0) is 11.3 Å². The average Bonchev–Trinajstić information content (AvgIpc) is 3.17. The van der Waals surface area contributed by atoms with Gasteiger partial charge in [0.15, 0.2) is 11.9 Å². The molecule has 35 heavy (non-hydrogen) atoms. The van der Waals surface area contributed by atoms with Crippen molar-refractivity contribution in [2.45, 2.75) is 45.6 Å². The summed E-state index contributed by atoms with van der Waals surface area (Å²) in [6.07, 6.45) is 9.21. The summed E-state index contributed by atoms with van der Waals surface area (Å²) in [7, 11) is 1.68. The fourth-order valence-electron chi connectivity index (χ4n) is 4.84. The standard InChI is InChI=1S/C28H31FN4O2/c1-4-20-12-23(16-24(29)14-20)26-9-11-32-10-5-6-22(28(32)31-35-26)13-21-7-8-25(27(15-21)34-3)33-17-19(2)30-18-33/h7-8,12-18,26H,4-6,9-11H2,1-3H3/b22-13+/t26-/m0/s1. The topological polar surface area (TPSA) is 51.9 Å². The molecule has 1 fully saturated rings. The summed E-state index contributed by atoms with van der Waals surface area (Å²) in [4.78, 5) is 12.6. The number of oxime groups is 1. The summed E-state index contributed by atoms with van der Waals surface area (Å²) in [5, 5.41) is 4.58. The Balaban J connectivity index is 1.43. The molecule has 0 unspecified atom stereocenters. The van der Waals surface area contributed by atoms with Crippen molar-refractivity contribution in [3.63, 3.8) is 0 Å². The molecule has 0 radical (unpaired) electrons. The Hall–Kier alpha value is -3.61. The second kappa shape index (κ2) is 9.94. The lowest BCUT2D eigenvalue weighted by Crippen LogP contribution is -2.37. The fraction of sp³-hybridized carbons (Fsp3) is 0.357. The molecule has 1 aromatic heterocycles. The molecule has 7 heteroatoms. The van der Waals surface area contributed by atoms with Crippen molar-refractivity contribution in [1.82, 2.24) is 14.5 Å². The van der Waals surface area contributed by atoms with E-state index in [-0.39, 0.29) is 11.9 Å². The number of rotatable bonds is 5. The van der Waals surface area contributed by atoms with Gasteiger partial charge in [0, 0.05) is 25.7 Å². The van der Waals surface area contributed by atoms with Crippen LogP contribution in [0.15, 0.2) is 59.7 Å². The van der Waals surface area contributed by atoms with Crippen LogP contribution in [0.1, 0.15) is 54.7 Å². The van der Waals surface area contributed by atoms with Crippen molar-refractivity contribution in [3.8, 4) is 11.4 Å². The van der Waals surface area contributed by atoms with Crippen molar-refractivity contribution in [1.29, 1.82) is 0 Å². The highest BCUT2D eigenvalue weighted by Gasteiger charge is 2.28. The van der Waals surface area contributed by atoms with Gasteiger partial charge in [0.1, 0.15) is 11.6 Å². The second-order valence-corrected chi connectivity index (χ2v) is 9.16. The van der Waals surface area contributed by atoms with Crippen molar-refractivity contribution in [3.05, 3.63) is 82.7 Å². The Morgan fingerprint density at radius 2 is 2.09 bits per heavy atom. The molecule has 0 amide bonds. The molecule has 0 N–H and O–H groups in total. The Kier molecular flexibility index (Phi) is 6.57. The van der Waals surface area contributed by atoms with Gasteiger partial charge in [-0.2, -0.15) is 0 Å². The first kappa shape index (κ1) is 23.1. The van der Waals surface area contributed by atoms with Crippen molar-refractivity contribution in [2.24, 2.45) is 5.16 Å². The largest absolute Gasteiger partial charge is 0.495 e. The molecular formula is C28H31FN4O2. The van der Waals surface area contributed by atoms with Crippen LogP contribution < -0.4 is 4.74 Å². The first-order valence-electron chi connectivity index (χ1n) is 12.2. The van der Waals surface area contributed by atoms with Gasteiger partial charge in [-0.3, -0.25) is 0 Å². The van der Waals surface area contributed by atoms with Gasteiger partial charge in [-0.15, -0.1) is 0 Å². The van der Waals surface area contributed by atoms with Gasteiger partial charge in [-0.05, 0) is 78.8 Å². The van der Waals surface area contributed by atoms with Gasteiger partial charge < -0.3 is 19.0 Å².